The Balaban J connectivity index is 3.50. The van der Waals surface area contributed by atoms with Gasteiger partial charge >= 0.3 is 0 Å². The number of hydrogen-bond donors (Lipinski definition) is 1. The van der Waals surface area contributed by atoms with Crippen LogP contribution in [0.25, 0.3) is 0 Å². The van der Waals surface area contributed by atoms with Gasteiger partial charge in [-0.1, -0.05) is 5.19 Å². The number of carbonyl (C=O) groups excluding carboxylic acids is 1. The number of benzene rings is 1. The van der Waals surface area contributed by atoms with Gasteiger partial charge in [-0.15, -0.1) is 0 Å². The van der Waals surface area contributed by atoms with Crippen molar-refractivity contribution < 1.29 is 4.79 Å². The summed E-state index contributed by atoms with van der Waals surface area (Å²) in [5.41, 5.74) is 9.14. The second-order valence-electron chi connectivity index (χ2n) is 3.23. The molecule has 0 aromatic heterocycles. The lowest BCUT2D eigenvalue weighted by atomic mass is 10.00. The molecule has 0 bridgehead atoms. The van der Waals surface area contributed by atoms with Gasteiger partial charge in [-0.05, 0) is 43.5 Å². The fraction of sp³-hybridized carbons (Fsp3) is 0.300. The molecule has 2 nitrogen and oxygen atoms in total. The van der Waals surface area contributed by atoms with Crippen molar-refractivity contribution in [2.24, 2.45) is 5.73 Å². The van der Waals surface area contributed by atoms with Crippen molar-refractivity contribution in [3.63, 3.8) is 0 Å². The smallest absolute Gasteiger partial charge is 0.248 e. The van der Waals surface area contributed by atoms with Crippen LogP contribution in [-0.2, 0) is 0 Å². The molecule has 0 atom stereocenters. The van der Waals surface area contributed by atoms with Crippen molar-refractivity contribution in [1.29, 1.82) is 0 Å². The molecule has 0 saturated heterocycles. The van der Waals surface area contributed by atoms with E-state index in [9.17, 15) is 4.79 Å². The molecule has 1 rings (SSSR count). The molecular weight excluding hydrogens is 178 g/mol. The Hall–Kier alpha value is -1.09. The van der Waals surface area contributed by atoms with Crippen molar-refractivity contribution in [2.45, 2.75) is 20.8 Å². The van der Waals surface area contributed by atoms with Crippen LogP contribution in [0.2, 0.25) is 0 Å². The first-order valence-electron chi connectivity index (χ1n) is 4.07. The van der Waals surface area contributed by atoms with Crippen LogP contribution >= 0.6 is 0 Å². The molecule has 13 heavy (non-hydrogen) atoms. The molecule has 0 saturated carbocycles. The molecule has 0 fully saturated rings. The van der Waals surface area contributed by atoms with Crippen LogP contribution in [0.4, 0.5) is 0 Å². The molecule has 1 amide bonds. The summed E-state index contributed by atoms with van der Waals surface area (Å²) in [5, 5.41) is 0.801. The SMILES string of the molecule is Cc1cc(C(N)=O)c([Si])c(C)c1C. The highest BCUT2D eigenvalue weighted by atomic mass is 28.1. The van der Waals surface area contributed by atoms with Crippen molar-refractivity contribution in [3.8, 4) is 0 Å². The van der Waals surface area contributed by atoms with E-state index in [1.165, 1.54) is 5.56 Å². The monoisotopic (exact) mass is 190 g/mol. The molecule has 0 unspecified atom stereocenters. The van der Waals surface area contributed by atoms with E-state index in [0.29, 0.717) is 5.56 Å². The van der Waals surface area contributed by atoms with Crippen molar-refractivity contribution in [1.82, 2.24) is 0 Å². The lowest BCUT2D eigenvalue weighted by Crippen LogP contribution is -2.25. The second kappa shape index (κ2) is 3.34. The average molecular weight is 190 g/mol. The van der Waals surface area contributed by atoms with Crippen LogP contribution in [-0.4, -0.2) is 16.1 Å². The van der Waals surface area contributed by atoms with Gasteiger partial charge in [0.2, 0.25) is 5.91 Å². The number of carbonyl (C=O) groups is 1. The highest BCUT2D eigenvalue weighted by molar-refractivity contribution is 6.37. The highest BCUT2D eigenvalue weighted by Gasteiger charge is 2.10. The van der Waals surface area contributed by atoms with E-state index in [0.717, 1.165) is 16.3 Å². The third-order valence-corrected chi connectivity index (χ3v) is 3.07. The Bertz CT molecular complexity index is 372. The third-order valence-electron chi connectivity index (χ3n) is 2.42. The van der Waals surface area contributed by atoms with Gasteiger partial charge in [-0.25, -0.2) is 0 Å². The molecule has 67 valence electrons. The van der Waals surface area contributed by atoms with Crippen molar-refractivity contribution in [3.05, 3.63) is 28.3 Å². The van der Waals surface area contributed by atoms with E-state index < -0.39 is 5.91 Å². The number of primary amides is 1. The van der Waals surface area contributed by atoms with Crippen LogP contribution in [0.3, 0.4) is 0 Å². The van der Waals surface area contributed by atoms with Gasteiger partial charge in [0.15, 0.2) is 0 Å². The van der Waals surface area contributed by atoms with Crippen LogP contribution in [0.15, 0.2) is 6.07 Å². The molecule has 3 radical (unpaired) electrons. The number of nitrogens with two attached hydrogens (primary N) is 1. The zero-order valence-corrected chi connectivity index (χ0v) is 9.06. The maximum atomic E-state index is 11.0. The minimum atomic E-state index is -0.392. The fourth-order valence-electron chi connectivity index (χ4n) is 1.28. The molecular formula is C10H12NOSi. The van der Waals surface area contributed by atoms with Crippen LogP contribution in [0, 0.1) is 20.8 Å². The zero-order valence-electron chi connectivity index (χ0n) is 8.06. The van der Waals surface area contributed by atoms with Gasteiger partial charge in [0.1, 0.15) is 0 Å². The summed E-state index contributed by atoms with van der Waals surface area (Å²) in [7, 11) is 3.42. The average Bonchev–Trinajstić information content (AvgIpc) is 2.07. The summed E-state index contributed by atoms with van der Waals surface area (Å²) < 4.78 is 0. The predicted octanol–water partition coefficient (Wildman–Crippen LogP) is 0.505. The minimum Gasteiger partial charge on any atom is -0.366 e. The van der Waals surface area contributed by atoms with Crippen molar-refractivity contribution >= 4 is 21.3 Å². The van der Waals surface area contributed by atoms with Crippen molar-refractivity contribution in [2.75, 3.05) is 0 Å². The topological polar surface area (TPSA) is 43.1 Å². The first kappa shape index (κ1) is 9.99. The highest BCUT2D eigenvalue weighted by Crippen LogP contribution is 2.12. The number of amides is 1. The van der Waals surface area contributed by atoms with E-state index in [4.69, 9.17) is 5.73 Å². The normalized spacial score (nSPS) is 10.2. The van der Waals surface area contributed by atoms with E-state index in [1.807, 2.05) is 26.8 Å². The molecule has 0 spiro atoms. The summed E-state index contributed by atoms with van der Waals surface area (Å²) in [5.74, 6) is -0.392. The van der Waals surface area contributed by atoms with Crippen LogP contribution in [0.1, 0.15) is 27.0 Å². The molecule has 0 aliphatic heterocycles. The molecule has 1 aromatic rings. The Morgan fingerprint density at radius 2 is 1.85 bits per heavy atom. The predicted molar refractivity (Wildman–Crippen MR) is 54.6 cm³/mol. The molecule has 0 aliphatic carbocycles. The summed E-state index contributed by atoms with van der Waals surface area (Å²) in [6, 6.07) is 1.81. The Kier molecular flexibility index (Phi) is 2.57. The van der Waals surface area contributed by atoms with Gasteiger partial charge in [0.25, 0.3) is 0 Å². The van der Waals surface area contributed by atoms with E-state index >= 15 is 0 Å². The van der Waals surface area contributed by atoms with Gasteiger partial charge in [-0.3, -0.25) is 4.79 Å². The summed E-state index contributed by atoms with van der Waals surface area (Å²) in [4.78, 5) is 11.0. The van der Waals surface area contributed by atoms with Crippen LogP contribution < -0.4 is 10.9 Å². The first-order chi connectivity index (χ1) is 5.95. The van der Waals surface area contributed by atoms with Gasteiger partial charge in [0, 0.05) is 5.56 Å². The van der Waals surface area contributed by atoms with Gasteiger partial charge in [0.05, 0.1) is 10.2 Å². The Labute approximate surface area is 81.6 Å². The molecule has 2 N–H and O–H groups in total. The number of hydrogen-bond acceptors (Lipinski definition) is 1. The van der Waals surface area contributed by atoms with Gasteiger partial charge < -0.3 is 5.73 Å². The Morgan fingerprint density at radius 1 is 1.31 bits per heavy atom. The number of rotatable bonds is 1. The Morgan fingerprint density at radius 3 is 2.31 bits per heavy atom. The third kappa shape index (κ3) is 1.65. The van der Waals surface area contributed by atoms with Crippen LogP contribution in [0.5, 0.6) is 0 Å². The maximum Gasteiger partial charge on any atom is 0.248 e. The minimum absolute atomic E-state index is 0.392. The summed E-state index contributed by atoms with van der Waals surface area (Å²) in [6.45, 7) is 5.97. The molecule has 0 aliphatic rings. The quantitative estimate of drug-likeness (QED) is 0.644. The first-order valence-corrected chi connectivity index (χ1v) is 4.57. The largest absolute Gasteiger partial charge is 0.366 e. The molecule has 0 heterocycles. The van der Waals surface area contributed by atoms with E-state index in [2.05, 4.69) is 10.2 Å². The lowest BCUT2D eigenvalue weighted by molar-refractivity contribution is 0.100. The standard InChI is InChI=1S/C10H12NOSi/c1-5-4-8(10(11)12)9(13)7(3)6(5)2/h4H,1-3H3,(H2,11,12). The van der Waals surface area contributed by atoms with Gasteiger partial charge in [-0.2, -0.15) is 0 Å². The zero-order chi connectivity index (χ0) is 10.2. The summed E-state index contributed by atoms with van der Waals surface area (Å²) in [6.07, 6.45) is 0. The summed E-state index contributed by atoms with van der Waals surface area (Å²) >= 11 is 0. The second-order valence-corrected chi connectivity index (χ2v) is 3.73. The van der Waals surface area contributed by atoms with E-state index in [1.54, 1.807) is 0 Å². The molecule has 3 heteroatoms. The lowest BCUT2D eigenvalue weighted by Gasteiger charge is -2.11. The maximum absolute atomic E-state index is 11.0. The fourth-order valence-corrected chi connectivity index (χ4v) is 1.66. The number of aryl methyl sites for hydroxylation is 1. The molecule has 1 aromatic carbocycles. The van der Waals surface area contributed by atoms with E-state index in [-0.39, 0.29) is 0 Å².